The maximum atomic E-state index is 10.6. The lowest BCUT2D eigenvalue weighted by molar-refractivity contribution is 0.0696. The minimum atomic E-state index is -0.997. The fraction of sp³-hybridized carbons (Fsp3) is 0.333. The first-order chi connectivity index (χ1) is 6.74. The third kappa shape index (κ3) is 3.02. The summed E-state index contributed by atoms with van der Waals surface area (Å²) in [5, 5.41) is 20.2. The number of anilines is 1. The maximum absolute atomic E-state index is 10.6. The van der Waals surface area contributed by atoms with Crippen LogP contribution in [0.4, 0.5) is 5.69 Å². The zero-order valence-corrected chi connectivity index (χ0v) is 7.60. The molecule has 0 saturated carbocycles. The number of carboxylic acid groups (broad SMARTS) is 1. The number of nitrogens with one attached hydrogen (secondary N) is 1. The molecule has 5 heteroatoms. The van der Waals surface area contributed by atoms with Gasteiger partial charge >= 0.3 is 5.97 Å². The smallest absolute Gasteiger partial charge is 0.337 e. The van der Waals surface area contributed by atoms with Crippen LogP contribution in [0.15, 0.2) is 18.5 Å². The zero-order chi connectivity index (χ0) is 10.4. The minimum absolute atomic E-state index is 0.110. The number of carbonyl (C=O) groups is 1. The van der Waals surface area contributed by atoms with Crippen molar-refractivity contribution in [1.82, 2.24) is 4.98 Å². The third-order valence-corrected chi connectivity index (χ3v) is 1.65. The summed E-state index contributed by atoms with van der Waals surface area (Å²) in [7, 11) is 0. The van der Waals surface area contributed by atoms with Crippen molar-refractivity contribution in [2.75, 3.05) is 18.5 Å². The van der Waals surface area contributed by atoms with Crippen molar-refractivity contribution in [1.29, 1.82) is 0 Å². The van der Waals surface area contributed by atoms with Crippen molar-refractivity contribution < 1.29 is 15.0 Å². The second-order valence-electron chi connectivity index (χ2n) is 2.77. The molecule has 0 aromatic carbocycles. The summed E-state index contributed by atoms with van der Waals surface area (Å²) in [6.07, 6.45) is 3.46. The van der Waals surface area contributed by atoms with Gasteiger partial charge in [-0.05, 0) is 12.5 Å². The number of carboxylic acids is 1. The van der Waals surface area contributed by atoms with E-state index in [2.05, 4.69) is 10.3 Å². The Bertz CT molecular complexity index is 315. The summed E-state index contributed by atoms with van der Waals surface area (Å²) in [6, 6.07) is 1.51. The molecule has 0 saturated heterocycles. The van der Waals surface area contributed by atoms with Crippen molar-refractivity contribution >= 4 is 11.7 Å². The Hall–Kier alpha value is -1.62. The highest BCUT2D eigenvalue weighted by Crippen LogP contribution is 2.07. The van der Waals surface area contributed by atoms with E-state index in [1.807, 2.05) is 0 Å². The van der Waals surface area contributed by atoms with Crippen LogP contribution in [0.3, 0.4) is 0 Å². The number of nitrogens with zero attached hydrogens (tertiary/aromatic N) is 1. The van der Waals surface area contributed by atoms with Crippen LogP contribution in [0, 0.1) is 0 Å². The molecule has 0 fully saturated rings. The molecule has 1 aromatic rings. The van der Waals surface area contributed by atoms with Gasteiger partial charge in [0.1, 0.15) is 0 Å². The van der Waals surface area contributed by atoms with Crippen LogP contribution < -0.4 is 5.32 Å². The first kappa shape index (κ1) is 10.5. The molecule has 0 bridgehead atoms. The SMILES string of the molecule is O=C(O)c1cncc(NCCCO)c1. The van der Waals surface area contributed by atoms with Crippen LogP contribution in [0.5, 0.6) is 0 Å². The Labute approximate surface area is 81.4 Å². The van der Waals surface area contributed by atoms with E-state index in [0.717, 1.165) is 0 Å². The number of aliphatic hydroxyl groups is 1. The highest BCUT2D eigenvalue weighted by atomic mass is 16.4. The lowest BCUT2D eigenvalue weighted by Crippen LogP contribution is -2.05. The topological polar surface area (TPSA) is 82.5 Å². The number of hydrogen-bond donors (Lipinski definition) is 3. The Kier molecular flexibility index (Phi) is 3.87. The van der Waals surface area contributed by atoms with E-state index in [4.69, 9.17) is 10.2 Å². The Balaban J connectivity index is 2.59. The molecule has 0 radical (unpaired) electrons. The molecule has 14 heavy (non-hydrogen) atoms. The van der Waals surface area contributed by atoms with Gasteiger partial charge < -0.3 is 15.5 Å². The van der Waals surface area contributed by atoms with Gasteiger partial charge in [-0.2, -0.15) is 0 Å². The van der Waals surface area contributed by atoms with Crippen LogP contribution in [-0.2, 0) is 0 Å². The van der Waals surface area contributed by atoms with Crippen molar-refractivity contribution in [3.05, 3.63) is 24.0 Å². The Morgan fingerprint density at radius 3 is 2.93 bits per heavy atom. The number of pyridine rings is 1. The van der Waals surface area contributed by atoms with Crippen LogP contribution in [0.2, 0.25) is 0 Å². The fourth-order valence-corrected chi connectivity index (χ4v) is 0.965. The van der Waals surface area contributed by atoms with E-state index in [9.17, 15) is 4.79 Å². The standard InChI is InChI=1S/C9H12N2O3/c12-3-1-2-11-8-4-7(9(13)14)5-10-6-8/h4-6,11-12H,1-3H2,(H,13,14). The fourth-order valence-electron chi connectivity index (χ4n) is 0.965. The summed E-state index contributed by atoms with van der Waals surface area (Å²) in [5.74, 6) is -0.997. The van der Waals surface area contributed by atoms with E-state index < -0.39 is 5.97 Å². The van der Waals surface area contributed by atoms with Crippen molar-refractivity contribution in [2.45, 2.75) is 6.42 Å². The van der Waals surface area contributed by atoms with Crippen LogP contribution >= 0.6 is 0 Å². The average molecular weight is 196 g/mol. The first-order valence-electron chi connectivity index (χ1n) is 4.27. The molecule has 1 aromatic heterocycles. The molecular formula is C9H12N2O3. The largest absolute Gasteiger partial charge is 0.478 e. The van der Waals surface area contributed by atoms with Gasteiger partial charge in [0.15, 0.2) is 0 Å². The van der Waals surface area contributed by atoms with Gasteiger partial charge in [-0.1, -0.05) is 0 Å². The molecule has 76 valence electrons. The molecule has 1 rings (SSSR count). The zero-order valence-electron chi connectivity index (χ0n) is 7.60. The monoisotopic (exact) mass is 196 g/mol. The Morgan fingerprint density at radius 1 is 1.50 bits per heavy atom. The summed E-state index contributed by atoms with van der Waals surface area (Å²) >= 11 is 0. The Morgan fingerprint density at radius 2 is 2.29 bits per heavy atom. The molecule has 5 nitrogen and oxygen atoms in total. The molecule has 0 amide bonds. The van der Waals surface area contributed by atoms with Crippen LogP contribution in [0.1, 0.15) is 16.8 Å². The van der Waals surface area contributed by atoms with Crippen LogP contribution in [0.25, 0.3) is 0 Å². The molecule has 0 atom stereocenters. The van der Waals surface area contributed by atoms with Gasteiger partial charge in [0, 0.05) is 25.5 Å². The minimum Gasteiger partial charge on any atom is -0.478 e. The van der Waals surface area contributed by atoms with Crippen molar-refractivity contribution in [3.8, 4) is 0 Å². The molecule has 3 N–H and O–H groups in total. The van der Waals surface area contributed by atoms with Gasteiger partial charge in [-0.3, -0.25) is 4.98 Å². The maximum Gasteiger partial charge on any atom is 0.337 e. The molecule has 0 spiro atoms. The number of rotatable bonds is 5. The third-order valence-electron chi connectivity index (χ3n) is 1.65. The molecule has 0 unspecified atom stereocenters. The highest BCUT2D eigenvalue weighted by Gasteiger charge is 2.03. The predicted octanol–water partition coefficient (Wildman–Crippen LogP) is 0.574. The number of aromatic carboxylic acids is 1. The van der Waals surface area contributed by atoms with E-state index in [0.29, 0.717) is 18.7 Å². The lowest BCUT2D eigenvalue weighted by Gasteiger charge is -2.04. The van der Waals surface area contributed by atoms with Crippen LogP contribution in [-0.4, -0.2) is 34.3 Å². The first-order valence-corrected chi connectivity index (χ1v) is 4.27. The summed E-state index contributed by atoms with van der Waals surface area (Å²) in [5.41, 5.74) is 0.803. The van der Waals surface area contributed by atoms with Crippen molar-refractivity contribution in [3.63, 3.8) is 0 Å². The number of aliphatic hydroxyl groups excluding tert-OH is 1. The lowest BCUT2D eigenvalue weighted by atomic mass is 10.2. The quantitative estimate of drug-likeness (QED) is 0.600. The van der Waals surface area contributed by atoms with Gasteiger partial charge in [0.05, 0.1) is 11.3 Å². The normalized spacial score (nSPS) is 9.79. The van der Waals surface area contributed by atoms with E-state index in [1.54, 1.807) is 6.20 Å². The number of hydrogen-bond acceptors (Lipinski definition) is 4. The van der Waals surface area contributed by atoms with E-state index in [-0.39, 0.29) is 12.2 Å². The summed E-state index contributed by atoms with van der Waals surface area (Å²) < 4.78 is 0. The summed E-state index contributed by atoms with van der Waals surface area (Å²) in [6.45, 7) is 0.709. The average Bonchev–Trinajstić information content (AvgIpc) is 2.19. The molecule has 0 aliphatic carbocycles. The number of aromatic nitrogens is 1. The second kappa shape index (κ2) is 5.18. The van der Waals surface area contributed by atoms with E-state index >= 15 is 0 Å². The van der Waals surface area contributed by atoms with E-state index in [1.165, 1.54) is 12.3 Å². The van der Waals surface area contributed by atoms with Gasteiger partial charge in [-0.25, -0.2) is 4.79 Å². The molecule has 0 aliphatic heterocycles. The second-order valence-corrected chi connectivity index (χ2v) is 2.77. The predicted molar refractivity (Wildman–Crippen MR) is 51.4 cm³/mol. The van der Waals surface area contributed by atoms with Gasteiger partial charge in [0.25, 0.3) is 0 Å². The van der Waals surface area contributed by atoms with Gasteiger partial charge in [-0.15, -0.1) is 0 Å². The van der Waals surface area contributed by atoms with Crippen molar-refractivity contribution in [2.24, 2.45) is 0 Å². The van der Waals surface area contributed by atoms with Gasteiger partial charge in [0.2, 0.25) is 0 Å². The highest BCUT2D eigenvalue weighted by molar-refractivity contribution is 5.88. The molecular weight excluding hydrogens is 184 g/mol. The molecule has 1 heterocycles. The molecule has 0 aliphatic rings. The summed E-state index contributed by atoms with van der Waals surface area (Å²) in [4.78, 5) is 14.4.